The quantitative estimate of drug-likeness (QED) is 0.813. The number of amides is 1. The van der Waals surface area contributed by atoms with Gasteiger partial charge in [0.15, 0.2) is 6.61 Å². The average molecular weight is 360 g/mol. The lowest BCUT2D eigenvalue weighted by molar-refractivity contribution is -0.132. The molecule has 144 valence electrons. The van der Waals surface area contributed by atoms with Crippen LogP contribution in [-0.4, -0.2) is 60.6 Å². The standard InChI is InChI=1S/C21H33N3O2/c1-17(2)23-13-9-19(10-14-23)22-15-18-7-3-4-8-20(18)26-16-21(25)24-11-5-6-12-24/h3-4,7-8,17,19,22H,5-6,9-16H2,1-2H3. The topological polar surface area (TPSA) is 44.8 Å². The van der Waals surface area contributed by atoms with Crippen molar-refractivity contribution in [3.8, 4) is 5.75 Å². The highest BCUT2D eigenvalue weighted by Crippen LogP contribution is 2.20. The molecule has 0 radical (unpaired) electrons. The molecule has 0 unspecified atom stereocenters. The first-order valence-corrected chi connectivity index (χ1v) is 10.1. The number of nitrogens with zero attached hydrogens (tertiary/aromatic N) is 2. The maximum atomic E-state index is 12.2. The second-order valence-corrected chi connectivity index (χ2v) is 7.77. The van der Waals surface area contributed by atoms with E-state index in [0.29, 0.717) is 12.1 Å². The third kappa shape index (κ3) is 5.21. The Labute approximate surface area is 157 Å². The Hall–Kier alpha value is -1.59. The zero-order valence-electron chi connectivity index (χ0n) is 16.2. The number of benzene rings is 1. The highest BCUT2D eigenvalue weighted by molar-refractivity contribution is 5.78. The fourth-order valence-electron chi connectivity index (χ4n) is 3.86. The normalized spacial score (nSPS) is 19.3. The molecule has 1 aromatic carbocycles. The molecule has 2 saturated heterocycles. The van der Waals surface area contributed by atoms with Crippen LogP contribution in [0.4, 0.5) is 0 Å². The molecule has 2 aliphatic heterocycles. The van der Waals surface area contributed by atoms with Crippen LogP contribution in [0.1, 0.15) is 45.1 Å². The SMILES string of the molecule is CC(C)N1CCC(NCc2ccccc2OCC(=O)N2CCCC2)CC1. The summed E-state index contributed by atoms with van der Waals surface area (Å²) in [6.45, 7) is 9.55. The Kier molecular flexibility index (Phi) is 6.92. The van der Waals surface area contributed by atoms with Crippen molar-refractivity contribution < 1.29 is 9.53 Å². The Morgan fingerprint density at radius 3 is 2.54 bits per heavy atom. The Balaban J connectivity index is 1.47. The molecule has 3 rings (SSSR count). The van der Waals surface area contributed by atoms with E-state index in [1.165, 1.54) is 12.8 Å². The summed E-state index contributed by atoms with van der Waals surface area (Å²) in [7, 11) is 0. The summed E-state index contributed by atoms with van der Waals surface area (Å²) in [6.07, 6.45) is 4.60. The monoisotopic (exact) mass is 359 g/mol. The number of carbonyl (C=O) groups is 1. The van der Waals surface area contributed by atoms with E-state index in [9.17, 15) is 4.79 Å². The summed E-state index contributed by atoms with van der Waals surface area (Å²) in [5.41, 5.74) is 1.13. The number of ether oxygens (including phenoxy) is 1. The first-order valence-electron chi connectivity index (χ1n) is 10.1. The van der Waals surface area contributed by atoms with Gasteiger partial charge in [0.25, 0.3) is 5.91 Å². The predicted octanol–water partition coefficient (Wildman–Crippen LogP) is 2.65. The smallest absolute Gasteiger partial charge is 0.260 e. The van der Waals surface area contributed by atoms with Crippen molar-refractivity contribution in [1.82, 2.24) is 15.1 Å². The molecule has 0 atom stereocenters. The van der Waals surface area contributed by atoms with Crippen molar-refractivity contribution in [2.75, 3.05) is 32.8 Å². The molecular formula is C21H33N3O2. The van der Waals surface area contributed by atoms with Gasteiger partial charge in [0.2, 0.25) is 0 Å². The molecule has 2 aliphatic rings. The van der Waals surface area contributed by atoms with Crippen LogP contribution >= 0.6 is 0 Å². The molecule has 5 heteroatoms. The summed E-state index contributed by atoms with van der Waals surface area (Å²) >= 11 is 0. The van der Waals surface area contributed by atoms with E-state index in [0.717, 1.165) is 56.9 Å². The van der Waals surface area contributed by atoms with Gasteiger partial charge in [-0.3, -0.25) is 4.79 Å². The number of carbonyl (C=O) groups excluding carboxylic acids is 1. The second-order valence-electron chi connectivity index (χ2n) is 7.77. The zero-order valence-corrected chi connectivity index (χ0v) is 16.2. The van der Waals surface area contributed by atoms with Crippen molar-refractivity contribution in [3.05, 3.63) is 29.8 Å². The second kappa shape index (κ2) is 9.38. The zero-order chi connectivity index (χ0) is 18.4. The lowest BCUT2D eigenvalue weighted by Crippen LogP contribution is -2.44. The number of hydrogen-bond acceptors (Lipinski definition) is 4. The Bertz CT molecular complexity index is 576. The third-order valence-corrected chi connectivity index (χ3v) is 5.62. The highest BCUT2D eigenvalue weighted by Gasteiger charge is 2.21. The summed E-state index contributed by atoms with van der Waals surface area (Å²) in [5.74, 6) is 0.929. The van der Waals surface area contributed by atoms with E-state index < -0.39 is 0 Å². The molecule has 1 N–H and O–H groups in total. The summed E-state index contributed by atoms with van der Waals surface area (Å²) in [4.78, 5) is 16.6. The van der Waals surface area contributed by atoms with Gasteiger partial charge in [-0.25, -0.2) is 0 Å². The molecule has 2 fully saturated rings. The molecule has 1 aromatic rings. The van der Waals surface area contributed by atoms with Crippen LogP contribution in [0, 0.1) is 0 Å². The number of nitrogens with one attached hydrogen (secondary N) is 1. The largest absolute Gasteiger partial charge is 0.483 e. The van der Waals surface area contributed by atoms with E-state index in [2.05, 4.69) is 30.1 Å². The van der Waals surface area contributed by atoms with Crippen LogP contribution in [0.2, 0.25) is 0 Å². The summed E-state index contributed by atoms with van der Waals surface area (Å²) in [6, 6.07) is 9.26. The molecule has 0 aromatic heterocycles. The molecule has 1 amide bonds. The van der Waals surface area contributed by atoms with Crippen molar-refractivity contribution >= 4 is 5.91 Å². The van der Waals surface area contributed by atoms with Crippen LogP contribution in [0.5, 0.6) is 5.75 Å². The van der Waals surface area contributed by atoms with Crippen molar-refractivity contribution in [3.63, 3.8) is 0 Å². The molecule has 5 nitrogen and oxygen atoms in total. The van der Waals surface area contributed by atoms with Crippen LogP contribution in [0.25, 0.3) is 0 Å². The molecule has 2 heterocycles. The first-order chi connectivity index (χ1) is 12.6. The highest BCUT2D eigenvalue weighted by atomic mass is 16.5. The number of hydrogen-bond donors (Lipinski definition) is 1. The maximum Gasteiger partial charge on any atom is 0.260 e. The molecular weight excluding hydrogens is 326 g/mol. The van der Waals surface area contributed by atoms with Gasteiger partial charge in [0.05, 0.1) is 0 Å². The van der Waals surface area contributed by atoms with Crippen LogP contribution in [0.3, 0.4) is 0 Å². The van der Waals surface area contributed by atoms with E-state index in [1.54, 1.807) is 0 Å². The lowest BCUT2D eigenvalue weighted by atomic mass is 10.0. The number of para-hydroxylation sites is 1. The van der Waals surface area contributed by atoms with Crippen molar-refractivity contribution in [2.24, 2.45) is 0 Å². The van der Waals surface area contributed by atoms with Crippen molar-refractivity contribution in [1.29, 1.82) is 0 Å². The van der Waals surface area contributed by atoms with Gasteiger partial charge in [-0.2, -0.15) is 0 Å². The van der Waals surface area contributed by atoms with E-state index in [4.69, 9.17) is 4.74 Å². The van der Waals surface area contributed by atoms with Gasteiger partial charge in [-0.15, -0.1) is 0 Å². The van der Waals surface area contributed by atoms with E-state index in [1.807, 2.05) is 23.1 Å². The van der Waals surface area contributed by atoms with Gasteiger partial charge >= 0.3 is 0 Å². The van der Waals surface area contributed by atoms with Gasteiger partial charge in [-0.05, 0) is 58.7 Å². The summed E-state index contributed by atoms with van der Waals surface area (Å²) < 4.78 is 5.86. The van der Waals surface area contributed by atoms with E-state index in [-0.39, 0.29) is 12.5 Å². The van der Waals surface area contributed by atoms with Gasteiger partial charge in [0, 0.05) is 37.3 Å². The van der Waals surface area contributed by atoms with Crippen LogP contribution in [0.15, 0.2) is 24.3 Å². The maximum absolute atomic E-state index is 12.2. The fourth-order valence-corrected chi connectivity index (χ4v) is 3.86. The fraction of sp³-hybridized carbons (Fsp3) is 0.667. The number of rotatable bonds is 7. The minimum absolute atomic E-state index is 0.103. The van der Waals surface area contributed by atoms with Crippen molar-refractivity contribution in [2.45, 2.75) is 58.2 Å². The third-order valence-electron chi connectivity index (χ3n) is 5.62. The number of piperidine rings is 1. The van der Waals surface area contributed by atoms with Gasteiger partial charge in [0.1, 0.15) is 5.75 Å². The molecule has 0 saturated carbocycles. The lowest BCUT2D eigenvalue weighted by Gasteiger charge is -2.35. The Morgan fingerprint density at radius 2 is 1.85 bits per heavy atom. The minimum atomic E-state index is 0.103. The van der Waals surface area contributed by atoms with Gasteiger partial charge in [-0.1, -0.05) is 18.2 Å². The molecule has 0 aliphatic carbocycles. The molecule has 26 heavy (non-hydrogen) atoms. The Morgan fingerprint density at radius 1 is 1.15 bits per heavy atom. The van der Waals surface area contributed by atoms with E-state index >= 15 is 0 Å². The average Bonchev–Trinajstić information content (AvgIpc) is 3.20. The molecule has 0 bridgehead atoms. The summed E-state index contributed by atoms with van der Waals surface area (Å²) in [5, 5.41) is 3.68. The van der Waals surface area contributed by atoms with Crippen LogP contribution < -0.4 is 10.1 Å². The van der Waals surface area contributed by atoms with Gasteiger partial charge < -0.3 is 19.9 Å². The minimum Gasteiger partial charge on any atom is -0.483 e. The first kappa shape index (κ1) is 19.2. The predicted molar refractivity (Wildman–Crippen MR) is 104 cm³/mol. The molecule has 0 spiro atoms. The number of likely N-dealkylation sites (tertiary alicyclic amines) is 2. The van der Waals surface area contributed by atoms with Crippen LogP contribution in [-0.2, 0) is 11.3 Å².